The third-order valence-electron chi connectivity index (χ3n) is 3.44. The third-order valence-corrected chi connectivity index (χ3v) is 4.37. The van der Waals surface area contributed by atoms with Crippen molar-refractivity contribution in [2.24, 2.45) is 0 Å². The maximum atomic E-state index is 13.0. The minimum atomic E-state index is -3.74. The number of carbonyl (C=O) groups is 2. The Hall–Kier alpha value is -2.94. The average molecular weight is 396 g/mol. The van der Waals surface area contributed by atoms with E-state index in [9.17, 15) is 27.5 Å². The zero-order valence-corrected chi connectivity index (χ0v) is 15.4. The number of ether oxygens (including phenoxy) is 1. The lowest BCUT2D eigenvalue weighted by Gasteiger charge is -2.02. The first kappa shape index (κ1) is 20.4. The molecule has 0 aliphatic rings. The molecule has 9 heteroatoms. The van der Waals surface area contributed by atoms with Crippen LogP contribution in [0.3, 0.4) is 0 Å². The van der Waals surface area contributed by atoms with Crippen LogP contribution in [0.5, 0.6) is 0 Å². The molecule has 0 fully saturated rings. The molecule has 1 heterocycles. The molecule has 1 N–H and O–H groups in total. The Morgan fingerprint density at radius 1 is 1.26 bits per heavy atom. The summed E-state index contributed by atoms with van der Waals surface area (Å²) < 4.78 is 46.2. The quantitative estimate of drug-likeness (QED) is 0.331. The molecule has 144 valence electrons. The van der Waals surface area contributed by atoms with Gasteiger partial charge in [0.05, 0.1) is 6.61 Å². The molecule has 0 bridgehead atoms. The molecule has 27 heavy (non-hydrogen) atoms. The molecule has 0 atom stereocenters. The summed E-state index contributed by atoms with van der Waals surface area (Å²) in [6, 6.07) is 6.58. The van der Waals surface area contributed by atoms with Gasteiger partial charge in [-0.2, -0.15) is 0 Å². The van der Waals surface area contributed by atoms with Crippen LogP contribution in [0.15, 0.2) is 51.7 Å². The lowest BCUT2D eigenvalue weighted by atomic mass is 10.0. The number of aliphatic hydroxyl groups is 1. The normalized spacial score (nSPS) is 12.0. The van der Waals surface area contributed by atoms with Gasteiger partial charge in [-0.1, -0.05) is 12.1 Å². The van der Waals surface area contributed by atoms with Crippen LogP contribution in [-0.2, 0) is 25.8 Å². The predicted octanol–water partition coefficient (Wildman–Crippen LogP) is 2.60. The van der Waals surface area contributed by atoms with Crippen molar-refractivity contribution < 1.29 is 36.7 Å². The number of hydrogen-bond donors (Lipinski definition) is 1. The Labute approximate surface area is 155 Å². The highest BCUT2D eigenvalue weighted by Crippen LogP contribution is 2.24. The van der Waals surface area contributed by atoms with Crippen molar-refractivity contribution in [2.45, 2.75) is 18.4 Å². The predicted molar refractivity (Wildman–Crippen MR) is 92.7 cm³/mol. The fourth-order valence-electron chi connectivity index (χ4n) is 2.20. The van der Waals surface area contributed by atoms with Gasteiger partial charge in [0, 0.05) is 30.4 Å². The van der Waals surface area contributed by atoms with Crippen LogP contribution in [0.25, 0.3) is 0 Å². The molecule has 0 unspecified atom stereocenters. The summed E-state index contributed by atoms with van der Waals surface area (Å²) in [5, 5.41) is 9.18. The number of hydrogen-bond acceptors (Lipinski definition) is 7. The molecule has 0 radical (unpaired) electrons. The van der Waals surface area contributed by atoms with E-state index in [-0.39, 0.29) is 24.4 Å². The van der Waals surface area contributed by atoms with Crippen LogP contribution in [0.2, 0.25) is 0 Å². The molecule has 0 saturated carbocycles. The monoisotopic (exact) mass is 396 g/mol. The highest BCUT2D eigenvalue weighted by Gasteiger charge is 2.23. The van der Waals surface area contributed by atoms with Crippen molar-refractivity contribution in [1.82, 2.24) is 0 Å². The number of allylic oxidation sites excluding steroid dienone is 1. The summed E-state index contributed by atoms with van der Waals surface area (Å²) in [6.45, 7) is 1.53. The summed E-state index contributed by atoms with van der Waals surface area (Å²) in [4.78, 5) is 23.8. The first-order valence-electron chi connectivity index (χ1n) is 7.81. The highest BCUT2D eigenvalue weighted by atomic mass is 32.2. The second-order valence-electron chi connectivity index (χ2n) is 5.61. The summed E-state index contributed by atoms with van der Waals surface area (Å²) in [5.74, 6) is -3.74. The van der Waals surface area contributed by atoms with E-state index in [4.69, 9.17) is 4.42 Å². The molecule has 7 nitrogen and oxygen atoms in total. The minimum absolute atomic E-state index is 0.000279. The molecule has 1 aromatic carbocycles. The van der Waals surface area contributed by atoms with Gasteiger partial charge in [-0.25, -0.2) is 17.6 Å². The Balaban J connectivity index is 2.42. The lowest BCUT2D eigenvalue weighted by Crippen LogP contribution is -2.09. The van der Waals surface area contributed by atoms with E-state index in [0.29, 0.717) is 11.6 Å². The standard InChI is InChI=1S/C18H17FO7S/c1-3-25-18(22)15(21)10-14(20)17-12(9-16(26-17)27(2,23)24)8-11-4-6-13(19)7-5-11/h4-7,9-10,21H,3,8H2,1-2H3. The SMILES string of the molecule is CCOC(=O)C(O)=CC(=O)c1oc(S(C)(=O)=O)cc1Cc1ccc(F)cc1. The van der Waals surface area contributed by atoms with Gasteiger partial charge >= 0.3 is 5.97 Å². The van der Waals surface area contributed by atoms with Gasteiger partial charge < -0.3 is 14.3 Å². The van der Waals surface area contributed by atoms with Crippen LogP contribution in [-0.4, -0.2) is 38.1 Å². The Morgan fingerprint density at radius 3 is 2.44 bits per heavy atom. The minimum Gasteiger partial charge on any atom is -0.502 e. The molecule has 0 saturated heterocycles. The van der Waals surface area contributed by atoms with Crippen molar-refractivity contribution in [1.29, 1.82) is 0 Å². The van der Waals surface area contributed by atoms with Crippen molar-refractivity contribution in [2.75, 3.05) is 12.9 Å². The van der Waals surface area contributed by atoms with Crippen LogP contribution in [0.4, 0.5) is 4.39 Å². The van der Waals surface area contributed by atoms with Gasteiger partial charge in [0.15, 0.2) is 5.76 Å². The zero-order valence-electron chi connectivity index (χ0n) is 14.6. The highest BCUT2D eigenvalue weighted by molar-refractivity contribution is 7.90. The summed E-state index contributed by atoms with van der Waals surface area (Å²) >= 11 is 0. The molecular formula is C18H17FO7S. The summed E-state index contributed by atoms with van der Waals surface area (Å²) in [7, 11) is -3.74. The molecule has 0 aliphatic heterocycles. The number of sulfone groups is 1. The lowest BCUT2D eigenvalue weighted by molar-refractivity contribution is -0.141. The van der Waals surface area contributed by atoms with Crippen LogP contribution >= 0.6 is 0 Å². The first-order valence-corrected chi connectivity index (χ1v) is 9.70. The maximum absolute atomic E-state index is 13.0. The van der Waals surface area contributed by atoms with Gasteiger partial charge in [0.25, 0.3) is 0 Å². The molecular weight excluding hydrogens is 379 g/mol. The zero-order chi connectivity index (χ0) is 20.2. The van der Waals surface area contributed by atoms with Crippen LogP contribution in [0, 0.1) is 5.82 Å². The number of benzene rings is 1. The van der Waals surface area contributed by atoms with E-state index in [0.717, 1.165) is 6.26 Å². The number of ketones is 1. The molecule has 2 aromatic rings. The van der Waals surface area contributed by atoms with Gasteiger partial charge in [-0.3, -0.25) is 4.79 Å². The van der Waals surface area contributed by atoms with E-state index in [1.807, 2.05) is 0 Å². The van der Waals surface area contributed by atoms with E-state index in [1.54, 1.807) is 0 Å². The van der Waals surface area contributed by atoms with E-state index in [2.05, 4.69) is 4.74 Å². The van der Waals surface area contributed by atoms with E-state index < -0.39 is 38.3 Å². The average Bonchev–Trinajstić information content (AvgIpc) is 3.01. The number of esters is 1. The Kier molecular flexibility index (Phi) is 6.17. The number of carbonyl (C=O) groups excluding carboxylic acids is 2. The van der Waals surface area contributed by atoms with Gasteiger partial charge in [-0.05, 0) is 24.6 Å². The molecule has 2 rings (SSSR count). The van der Waals surface area contributed by atoms with Crippen LogP contribution in [0.1, 0.15) is 28.6 Å². The smallest absolute Gasteiger partial charge is 0.373 e. The van der Waals surface area contributed by atoms with Crippen molar-refractivity contribution in [3.8, 4) is 0 Å². The van der Waals surface area contributed by atoms with Crippen molar-refractivity contribution in [3.63, 3.8) is 0 Å². The molecule has 0 spiro atoms. The fourth-order valence-corrected chi connectivity index (χ4v) is 2.79. The second kappa shape index (κ2) is 8.17. The Bertz CT molecular complexity index is 985. The molecule has 1 aromatic heterocycles. The van der Waals surface area contributed by atoms with Gasteiger partial charge in [0.1, 0.15) is 5.82 Å². The van der Waals surface area contributed by atoms with Gasteiger partial charge in [0.2, 0.25) is 26.5 Å². The third kappa shape index (κ3) is 5.27. The number of rotatable bonds is 7. The second-order valence-corrected chi connectivity index (χ2v) is 7.56. The van der Waals surface area contributed by atoms with E-state index in [1.165, 1.54) is 37.3 Å². The fraction of sp³-hybridized carbons (Fsp3) is 0.222. The Morgan fingerprint density at radius 2 is 1.89 bits per heavy atom. The molecule has 0 aliphatic carbocycles. The van der Waals surface area contributed by atoms with Crippen molar-refractivity contribution >= 4 is 21.6 Å². The van der Waals surface area contributed by atoms with Crippen LogP contribution < -0.4 is 0 Å². The number of aliphatic hydroxyl groups excluding tert-OH is 1. The number of furan rings is 1. The van der Waals surface area contributed by atoms with E-state index >= 15 is 0 Å². The first-order chi connectivity index (χ1) is 12.6. The molecule has 0 amide bonds. The number of halogens is 1. The van der Waals surface area contributed by atoms with Crippen molar-refractivity contribution in [3.05, 3.63) is 64.9 Å². The van der Waals surface area contributed by atoms with Gasteiger partial charge in [-0.15, -0.1) is 0 Å². The summed E-state index contributed by atoms with van der Waals surface area (Å²) in [5.41, 5.74) is 0.810. The summed E-state index contributed by atoms with van der Waals surface area (Å²) in [6.07, 6.45) is 1.58. The maximum Gasteiger partial charge on any atom is 0.373 e. The largest absolute Gasteiger partial charge is 0.502 e. The topological polar surface area (TPSA) is 111 Å².